The molecule has 1 atom stereocenters. The summed E-state index contributed by atoms with van der Waals surface area (Å²) in [5.74, 6) is 0.0500. The molecule has 1 unspecified atom stereocenters. The third-order valence-corrected chi connectivity index (χ3v) is 3.64. The van der Waals surface area contributed by atoms with Crippen molar-refractivity contribution in [1.82, 2.24) is 20.4 Å². The lowest BCUT2D eigenvalue weighted by molar-refractivity contribution is 0.101. The molecule has 2 N–H and O–H groups in total. The number of nitrogens with one attached hydrogen (secondary N) is 2. The molecule has 1 fully saturated rings. The zero-order valence-electron chi connectivity index (χ0n) is 10.5. The standard InChI is InChI=1S/C12H12BrN5O2/c13-9-7(3-1-6-15-9)16-11(19)10-17-12(20-18-10)8-4-2-5-14-8/h1,3,6,8,14H,2,4-5H2,(H,16,19). The summed E-state index contributed by atoms with van der Waals surface area (Å²) >= 11 is 3.26. The van der Waals surface area contributed by atoms with Gasteiger partial charge in [0.1, 0.15) is 4.60 Å². The molecule has 1 saturated heterocycles. The first-order chi connectivity index (χ1) is 9.74. The van der Waals surface area contributed by atoms with Gasteiger partial charge in [0, 0.05) is 6.20 Å². The van der Waals surface area contributed by atoms with Gasteiger partial charge in [-0.2, -0.15) is 4.98 Å². The summed E-state index contributed by atoms with van der Waals surface area (Å²) in [6, 6.07) is 3.51. The Morgan fingerprint density at radius 1 is 1.55 bits per heavy atom. The number of aromatic nitrogens is 3. The molecule has 0 aromatic carbocycles. The van der Waals surface area contributed by atoms with E-state index in [0.29, 0.717) is 16.2 Å². The third kappa shape index (κ3) is 2.70. The van der Waals surface area contributed by atoms with Crippen molar-refractivity contribution in [1.29, 1.82) is 0 Å². The molecule has 8 heteroatoms. The van der Waals surface area contributed by atoms with Gasteiger partial charge in [-0.25, -0.2) is 4.98 Å². The molecule has 2 aromatic rings. The number of anilines is 1. The van der Waals surface area contributed by atoms with Crippen molar-refractivity contribution in [2.45, 2.75) is 18.9 Å². The number of hydrogen-bond acceptors (Lipinski definition) is 6. The predicted molar refractivity (Wildman–Crippen MR) is 74.2 cm³/mol. The fourth-order valence-electron chi connectivity index (χ4n) is 2.02. The number of halogens is 1. The average Bonchev–Trinajstić information content (AvgIpc) is 3.11. The van der Waals surface area contributed by atoms with Gasteiger partial charge in [0.15, 0.2) is 0 Å². The van der Waals surface area contributed by atoms with E-state index in [1.807, 2.05) is 0 Å². The summed E-state index contributed by atoms with van der Waals surface area (Å²) in [4.78, 5) is 20.2. The average molecular weight is 338 g/mol. The minimum absolute atomic E-state index is 0.0180. The lowest BCUT2D eigenvalue weighted by atomic mass is 10.2. The first-order valence-corrected chi connectivity index (χ1v) is 7.02. The van der Waals surface area contributed by atoms with Crippen LogP contribution in [0.15, 0.2) is 27.5 Å². The first kappa shape index (κ1) is 13.2. The molecule has 2 aromatic heterocycles. The van der Waals surface area contributed by atoms with E-state index in [2.05, 4.69) is 41.7 Å². The van der Waals surface area contributed by atoms with Crippen LogP contribution in [0.25, 0.3) is 0 Å². The SMILES string of the molecule is O=C(Nc1cccnc1Br)c1noc(C2CCCN2)n1. The number of pyridine rings is 1. The van der Waals surface area contributed by atoms with Crippen molar-refractivity contribution in [2.75, 3.05) is 11.9 Å². The summed E-state index contributed by atoms with van der Waals surface area (Å²) in [5, 5.41) is 9.63. The summed E-state index contributed by atoms with van der Waals surface area (Å²) in [6.45, 7) is 0.928. The number of nitrogens with zero attached hydrogens (tertiary/aromatic N) is 3. The maximum absolute atomic E-state index is 12.0. The van der Waals surface area contributed by atoms with Gasteiger partial charge in [-0.15, -0.1) is 0 Å². The largest absolute Gasteiger partial charge is 0.337 e. The fraction of sp³-hybridized carbons (Fsp3) is 0.333. The number of hydrogen-bond donors (Lipinski definition) is 2. The zero-order valence-corrected chi connectivity index (χ0v) is 12.1. The van der Waals surface area contributed by atoms with E-state index in [1.54, 1.807) is 18.3 Å². The van der Waals surface area contributed by atoms with Crippen LogP contribution in [0, 0.1) is 0 Å². The van der Waals surface area contributed by atoms with Crippen molar-refractivity contribution >= 4 is 27.5 Å². The highest BCUT2D eigenvalue weighted by molar-refractivity contribution is 9.10. The molecule has 20 heavy (non-hydrogen) atoms. The van der Waals surface area contributed by atoms with Crippen molar-refractivity contribution in [3.05, 3.63) is 34.6 Å². The zero-order chi connectivity index (χ0) is 13.9. The van der Waals surface area contributed by atoms with E-state index in [0.717, 1.165) is 19.4 Å². The Kier molecular flexibility index (Phi) is 3.75. The van der Waals surface area contributed by atoms with E-state index < -0.39 is 5.91 Å². The second-order valence-electron chi connectivity index (χ2n) is 4.40. The maximum atomic E-state index is 12.0. The van der Waals surface area contributed by atoms with Gasteiger partial charge in [-0.1, -0.05) is 5.16 Å². The van der Waals surface area contributed by atoms with Gasteiger partial charge in [0.25, 0.3) is 11.7 Å². The number of carbonyl (C=O) groups excluding carboxylic acids is 1. The van der Waals surface area contributed by atoms with Gasteiger partial charge in [-0.3, -0.25) is 4.79 Å². The van der Waals surface area contributed by atoms with Gasteiger partial charge in [0.05, 0.1) is 11.7 Å². The van der Waals surface area contributed by atoms with Crippen molar-refractivity contribution in [3.63, 3.8) is 0 Å². The summed E-state index contributed by atoms with van der Waals surface area (Å²) in [7, 11) is 0. The van der Waals surface area contributed by atoms with Crippen LogP contribution in [0.3, 0.4) is 0 Å². The van der Waals surface area contributed by atoms with Crippen LogP contribution in [-0.4, -0.2) is 27.6 Å². The minimum atomic E-state index is -0.424. The Hall–Kier alpha value is -1.80. The van der Waals surface area contributed by atoms with Crippen LogP contribution in [0.1, 0.15) is 35.4 Å². The van der Waals surface area contributed by atoms with Crippen LogP contribution >= 0.6 is 15.9 Å². The van der Waals surface area contributed by atoms with Crippen molar-refractivity contribution in [3.8, 4) is 0 Å². The quantitative estimate of drug-likeness (QED) is 0.831. The molecular formula is C12H12BrN5O2. The molecule has 0 spiro atoms. The molecule has 0 radical (unpaired) electrons. The second kappa shape index (κ2) is 5.68. The Morgan fingerprint density at radius 3 is 3.20 bits per heavy atom. The molecule has 1 aliphatic heterocycles. The number of amides is 1. The highest BCUT2D eigenvalue weighted by Gasteiger charge is 2.24. The lowest BCUT2D eigenvalue weighted by Gasteiger charge is -2.03. The van der Waals surface area contributed by atoms with Crippen LogP contribution in [0.5, 0.6) is 0 Å². The summed E-state index contributed by atoms with van der Waals surface area (Å²) < 4.78 is 5.68. The predicted octanol–water partition coefficient (Wildman–Crippen LogP) is 1.90. The van der Waals surface area contributed by atoms with E-state index in [-0.39, 0.29) is 11.9 Å². The third-order valence-electron chi connectivity index (χ3n) is 3.01. The molecule has 0 bridgehead atoms. The Morgan fingerprint density at radius 2 is 2.45 bits per heavy atom. The molecule has 3 rings (SSSR count). The van der Waals surface area contributed by atoms with Crippen LogP contribution in [0.2, 0.25) is 0 Å². The summed E-state index contributed by atoms with van der Waals surface area (Å²) in [5.41, 5.74) is 0.558. The van der Waals surface area contributed by atoms with Crippen molar-refractivity contribution < 1.29 is 9.32 Å². The van der Waals surface area contributed by atoms with Crippen LogP contribution in [-0.2, 0) is 0 Å². The highest BCUT2D eigenvalue weighted by atomic mass is 79.9. The van der Waals surface area contributed by atoms with Gasteiger partial charge in [0.2, 0.25) is 5.89 Å². The molecule has 104 valence electrons. The smallest absolute Gasteiger partial charge is 0.297 e. The fourth-order valence-corrected chi connectivity index (χ4v) is 2.37. The van der Waals surface area contributed by atoms with E-state index in [1.165, 1.54) is 0 Å². The van der Waals surface area contributed by atoms with Crippen LogP contribution < -0.4 is 10.6 Å². The van der Waals surface area contributed by atoms with E-state index >= 15 is 0 Å². The minimum Gasteiger partial charge on any atom is -0.337 e. The molecule has 0 saturated carbocycles. The first-order valence-electron chi connectivity index (χ1n) is 6.23. The molecule has 3 heterocycles. The van der Waals surface area contributed by atoms with Gasteiger partial charge in [-0.05, 0) is 47.4 Å². The summed E-state index contributed by atoms with van der Waals surface area (Å²) in [6.07, 6.45) is 3.63. The van der Waals surface area contributed by atoms with E-state index in [9.17, 15) is 4.79 Å². The Labute approximate surface area is 123 Å². The molecule has 1 aliphatic rings. The maximum Gasteiger partial charge on any atom is 0.297 e. The topological polar surface area (TPSA) is 92.9 Å². The lowest BCUT2D eigenvalue weighted by Crippen LogP contribution is -2.16. The normalized spacial score (nSPS) is 18.1. The monoisotopic (exact) mass is 337 g/mol. The molecule has 7 nitrogen and oxygen atoms in total. The Bertz CT molecular complexity index is 624. The Balaban J connectivity index is 1.73. The van der Waals surface area contributed by atoms with Gasteiger partial charge >= 0.3 is 0 Å². The second-order valence-corrected chi connectivity index (χ2v) is 5.15. The van der Waals surface area contributed by atoms with Gasteiger partial charge < -0.3 is 15.2 Å². The van der Waals surface area contributed by atoms with Crippen LogP contribution in [0.4, 0.5) is 5.69 Å². The number of carbonyl (C=O) groups is 1. The van der Waals surface area contributed by atoms with E-state index in [4.69, 9.17) is 4.52 Å². The molecule has 1 amide bonds. The van der Waals surface area contributed by atoms with Crippen molar-refractivity contribution in [2.24, 2.45) is 0 Å². The highest BCUT2D eigenvalue weighted by Crippen LogP contribution is 2.22. The molecular weight excluding hydrogens is 326 g/mol. The molecule has 0 aliphatic carbocycles. The number of rotatable bonds is 3.